The minimum absolute atomic E-state index is 0.301. The van der Waals surface area contributed by atoms with Crippen molar-refractivity contribution in [2.24, 2.45) is 0 Å². The largest absolute Gasteiger partial charge is 0.472 e. The molecule has 0 radical (unpaired) electrons. The van der Waals surface area contributed by atoms with Crippen LogP contribution in [0.15, 0.2) is 42.9 Å². The highest BCUT2D eigenvalue weighted by Gasteiger charge is 2.29. The summed E-state index contributed by atoms with van der Waals surface area (Å²) < 4.78 is 13.7. The van der Waals surface area contributed by atoms with Crippen LogP contribution in [0.5, 0.6) is 5.88 Å². The van der Waals surface area contributed by atoms with Crippen molar-refractivity contribution in [2.45, 2.75) is 25.2 Å². The van der Waals surface area contributed by atoms with Crippen molar-refractivity contribution in [1.82, 2.24) is 25.1 Å². The van der Waals surface area contributed by atoms with Gasteiger partial charge in [0, 0.05) is 44.1 Å². The standard InChI is InChI=1S/C21H22N6O2/c1-2-18-20-14(13-28-21(18)23-6-1)11-27(25-20)15-3-4-19(24-8-15)26-7-5-16(12-26)29-17-9-22-10-17/h1-4,6,8,11,16-17,22H,5,7,9-10,12-13H2. The molecule has 3 aliphatic heterocycles. The van der Waals surface area contributed by atoms with Crippen LogP contribution < -0.4 is 15.0 Å². The van der Waals surface area contributed by atoms with E-state index in [9.17, 15) is 0 Å². The third-order valence-corrected chi connectivity index (χ3v) is 5.78. The summed E-state index contributed by atoms with van der Waals surface area (Å²) in [5.41, 5.74) is 3.84. The van der Waals surface area contributed by atoms with E-state index in [2.05, 4.69) is 32.3 Å². The van der Waals surface area contributed by atoms with Crippen LogP contribution in [0, 0.1) is 0 Å². The number of hydrogen-bond acceptors (Lipinski definition) is 7. The van der Waals surface area contributed by atoms with Crippen molar-refractivity contribution < 1.29 is 9.47 Å². The molecule has 1 atom stereocenters. The van der Waals surface area contributed by atoms with Gasteiger partial charge in [-0.3, -0.25) is 0 Å². The fourth-order valence-corrected chi connectivity index (χ4v) is 4.09. The molecule has 2 fully saturated rings. The van der Waals surface area contributed by atoms with E-state index in [0.29, 0.717) is 24.7 Å². The summed E-state index contributed by atoms with van der Waals surface area (Å²) in [6.07, 6.45) is 7.36. The molecule has 0 aromatic carbocycles. The summed E-state index contributed by atoms with van der Waals surface area (Å²) in [6.45, 7) is 4.32. The molecule has 1 unspecified atom stereocenters. The van der Waals surface area contributed by atoms with Gasteiger partial charge < -0.3 is 19.7 Å². The predicted octanol–water partition coefficient (Wildman–Crippen LogP) is 1.79. The van der Waals surface area contributed by atoms with Gasteiger partial charge in [-0.05, 0) is 30.7 Å². The van der Waals surface area contributed by atoms with E-state index in [0.717, 1.165) is 60.9 Å². The molecule has 0 amide bonds. The molecule has 2 saturated heterocycles. The molecular formula is C21H22N6O2. The number of aromatic nitrogens is 4. The summed E-state index contributed by atoms with van der Waals surface area (Å²) in [5, 5.41) is 8.02. The van der Waals surface area contributed by atoms with Crippen LogP contribution in [0.25, 0.3) is 16.9 Å². The Hall–Kier alpha value is -2.97. The van der Waals surface area contributed by atoms with Crippen LogP contribution in [0.1, 0.15) is 12.0 Å². The fraction of sp³-hybridized carbons (Fsp3) is 0.381. The number of fused-ring (bicyclic) bond motifs is 3. The topological polar surface area (TPSA) is 77.3 Å². The molecule has 1 N–H and O–H groups in total. The number of nitrogens with zero attached hydrogens (tertiary/aromatic N) is 5. The van der Waals surface area contributed by atoms with E-state index in [1.165, 1.54) is 0 Å². The highest BCUT2D eigenvalue weighted by Crippen LogP contribution is 2.35. The molecule has 0 aliphatic carbocycles. The van der Waals surface area contributed by atoms with Gasteiger partial charge in [0.05, 0.1) is 29.7 Å². The van der Waals surface area contributed by atoms with E-state index >= 15 is 0 Å². The van der Waals surface area contributed by atoms with Crippen LogP contribution in [0.4, 0.5) is 5.82 Å². The van der Waals surface area contributed by atoms with Crippen molar-refractivity contribution in [2.75, 3.05) is 31.1 Å². The summed E-state index contributed by atoms with van der Waals surface area (Å²) in [5.74, 6) is 1.63. The van der Waals surface area contributed by atoms with Gasteiger partial charge in [-0.15, -0.1) is 0 Å². The number of pyridine rings is 2. The van der Waals surface area contributed by atoms with Crippen LogP contribution in [-0.4, -0.2) is 58.1 Å². The molecule has 29 heavy (non-hydrogen) atoms. The predicted molar refractivity (Wildman–Crippen MR) is 107 cm³/mol. The Morgan fingerprint density at radius 1 is 1.14 bits per heavy atom. The Kier molecular flexibility index (Phi) is 3.98. The van der Waals surface area contributed by atoms with Gasteiger partial charge in [0.15, 0.2) is 0 Å². The molecule has 0 saturated carbocycles. The molecule has 148 valence electrons. The van der Waals surface area contributed by atoms with Gasteiger partial charge in [-0.1, -0.05) is 0 Å². The number of rotatable bonds is 4. The van der Waals surface area contributed by atoms with E-state index < -0.39 is 0 Å². The highest BCUT2D eigenvalue weighted by molar-refractivity contribution is 5.69. The summed E-state index contributed by atoms with van der Waals surface area (Å²) in [6, 6.07) is 8.02. The van der Waals surface area contributed by atoms with Crippen LogP contribution in [-0.2, 0) is 11.3 Å². The van der Waals surface area contributed by atoms with Gasteiger partial charge in [-0.25, -0.2) is 14.6 Å². The Morgan fingerprint density at radius 2 is 2.10 bits per heavy atom. The number of anilines is 1. The first-order chi connectivity index (χ1) is 14.3. The van der Waals surface area contributed by atoms with Crippen molar-refractivity contribution in [3.05, 3.63) is 48.4 Å². The van der Waals surface area contributed by atoms with Gasteiger partial charge in [0.25, 0.3) is 0 Å². The van der Waals surface area contributed by atoms with Crippen LogP contribution in [0.2, 0.25) is 0 Å². The maximum atomic E-state index is 6.10. The first-order valence-corrected chi connectivity index (χ1v) is 10.1. The maximum absolute atomic E-state index is 6.10. The first kappa shape index (κ1) is 16.9. The third kappa shape index (κ3) is 3.04. The second kappa shape index (κ2) is 6.82. The second-order valence-corrected chi connectivity index (χ2v) is 7.74. The van der Waals surface area contributed by atoms with Gasteiger partial charge >= 0.3 is 0 Å². The van der Waals surface area contributed by atoms with Crippen molar-refractivity contribution in [3.8, 4) is 22.8 Å². The summed E-state index contributed by atoms with van der Waals surface area (Å²) in [7, 11) is 0. The lowest BCUT2D eigenvalue weighted by molar-refractivity contribution is -0.0269. The third-order valence-electron chi connectivity index (χ3n) is 5.78. The first-order valence-electron chi connectivity index (χ1n) is 10.1. The smallest absolute Gasteiger partial charge is 0.223 e. The minimum atomic E-state index is 0.301. The average Bonchev–Trinajstić information content (AvgIpc) is 3.38. The average molecular weight is 390 g/mol. The monoisotopic (exact) mass is 390 g/mol. The van der Waals surface area contributed by atoms with Crippen LogP contribution >= 0.6 is 0 Å². The lowest BCUT2D eigenvalue weighted by Crippen LogP contribution is -2.50. The number of ether oxygens (including phenoxy) is 2. The van der Waals surface area contributed by atoms with Crippen molar-refractivity contribution in [1.29, 1.82) is 0 Å². The molecule has 6 heterocycles. The molecule has 3 aliphatic rings. The zero-order valence-electron chi connectivity index (χ0n) is 16.0. The molecule has 6 rings (SSSR count). The number of hydrogen-bond donors (Lipinski definition) is 1. The zero-order chi connectivity index (χ0) is 19.2. The Balaban J connectivity index is 1.19. The van der Waals surface area contributed by atoms with Gasteiger partial charge in [-0.2, -0.15) is 5.10 Å². The number of nitrogens with one attached hydrogen (secondary N) is 1. The summed E-state index contributed by atoms with van der Waals surface area (Å²) >= 11 is 0. The molecule has 8 heteroatoms. The van der Waals surface area contributed by atoms with E-state index in [1.54, 1.807) is 6.20 Å². The Labute approximate surface area is 168 Å². The highest BCUT2D eigenvalue weighted by atomic mass is 16.5. The minimum Gasteiger partial charge on any atom is -0.472 e. The molecule has 3 aromatic rings. The quantitative estimate of drug-likeness (QED) is 0.728. The second-order valence-electron chi connectivity index (χ2n) is 7.74. The molecule has 8 nitrogen and oxygen atoms in total. The SMILES string of the molecule is c1cnc2c(c1)-c1nn(-c3ccc(N4CCC(OC5CNC5)C4)nc3)cc1CO2. The zero-order valence-corrected chi connectivity index (χ0v) is 16.0. The molecular weight excluding hydrogens is 368 g/mol. The van der Waals surface area contributed by atoms with Crippen molar-refractivity contribution in [3.63, 3.8) is 0 Å². The maximum Gasteiger partial charge on any atom is 0.223 e. The van der Waals surface area contributed by atoms with E-state index in [1.807, 2.05) is 29.2 Å². The van der Waals surface area contributed by atoms with E-state index in [-0.39, 0.29) is 0 Å². The van der Waals surface area contributed by atoms with Gasteiger partial charge in [0.2, 0.25) is 5.88 Å². The normalized spacial score (nSPS) is 20.7. The van der Waals surface area contributed by atoms with Gasteiger partial charge in [0.1, 0.15) is 18.1 Å². The lowest BCUT2D eigenvalue weighted by Gasteiger charge is -2.30. The van der Waals surface area contributed by atoms with Crippen LogP contribution in [0.3, 0.4) is 0 Å². The summed E-state index contributed by atoms with van der Waals surface area (Å²) in [4.78, 5) is 11.3. The molecule has 0 spiro atoms. The Bertz CT molecular complexity index is 1030. The van der Waals surface area contributed by atoms with E-state index in [4.69, 9.17) is 14.6 Å². The lowest BCUT2D eigenvalue weighted by atomic mass is 10.1. The molecule has 3 aromatic heterocycles. The van der Waals surface area contributed by atoms with Crippen molar-refractivity contribution >= 4 is 5.82 Å². The molecule has 0 bridgehead atoms. The Morgan fingerprint density at radius 3 is 2.93 bits per heavy atom. The fourth-order valence-electron chi connectivity index (χ4n) is 4.09.